The quantitative estimate of drug-likeness (QED) is 0.522. The van der Waals surface area contributed by atoms with E-state index < -0.39 is 34.0 Å². The number of nitrogens with zero attached hydrogens (tertiary/aromatic N) is 3. The van der Waals surface area contributed by atoms with Gasteiger partial charge in [-0.25, -0.2) is 13.6 Å². The van der Waals surface area contributed by atoms with E-state index in [2.05, 4.69) is 0 Å². The predicted molar refractivity (Wildman–Crippen MR) is 87.1 cm³/mol. The van der Waals surface area contributed by atoms with Crippen molar-refractivity contribution in [2.24, 2.45) is 5.73 Å². The van der Waals surface area contributed by atoms with Crippen LogP contribution in [-0.4, -0.2) is 33.6 Å². The Morgan fingerprint density at radius 1 is 1.12 bits per heavy atom. The smallest absolute Gasteiger partial charge is 0.365 e. The van der Waals surface area contributed by atoms with Gasteiger partial charge >= 0.3 is 5.69 Å². The minimum absolute atomic E-state index is 0.151. The van der Waals surface area contributed by atoms with Gasteiger partial charge in [0, 0.05) is 25.2 Å². The standard InChI is InChI=1S/C15H17F2N5O3/c16-9-11(19)8-12(10(17)13(9)20-4-3-6(18)5-20)21(7-1-2-7)15(24)22(25)14(8)23/h6-7,25H,1-5,18-19H2. The summed E-state index contributed by atoms with van der Waals surface area (Å²) in [6, 6.07) is -0.589. The molecule has 4 rings (SSSR count). The summed E-state index contributed by atoms with van der Waals surface area (Å²) in [5.74, 6) is -2.12. The topological polar surface area (TPSA) is 120 Å². The molecule has 1 aromatic heterocycles. The van der Waals surface area contributed by atoms with Gasteiger partial charge in [-0.15, -0.1) is 0 Å². The first kappa shape index (κ1) is 15.9. The van der Waals surface area contributed by atoms with E-state index in [-0.39, 0.29) is 34.6 Å². The van der Waals surface area contributed by atoms with Gasteiger partial charge < -0.3 is 21.6 Å². The van der Waals surface area contributed by atoms with E-state index in [0.717, 1.165) is 4.57 Å². The van der Waals surface area contributed by atoms with Gasteiger partial charge in [-0.2, -0.15) is 0 Å². The number of hydrogen-bond donors (Lipinski definition) is 3. The molecular formula is C15H17F2N5O3. The van der Waals surface area contributed by atoms with Crippen LogP contribution in [0.25, 0.3) is 10.9 Å². The van der Waals surface area contributed by atoms with Crippen LogP contribution in [0.2, 0.25) is 0 Å². The Labute approximate surface area is 139 Å². The molecule has 10 heteroatoms. The maximum absolute atomic E-state index is 15.3. The molecule has 2 heterocycles. The van der Waals surface area contributed by atoms with Gasteiger partial charge in [0.1, 0.15) is 5.69 Å². The fourth-order valence-corrected chi connectivity index (χ4v) is 3.46. The molecule has 0 bridgehead atoms. The van der Waals surface area contributed by atoms with Gasteiger partial charge in [-0.3, -0.25) is 9.36 Å². The Balaban J connectivity index is 2.14. The Bertz CT molecular complexity index is 1010. The highest BCUT2D eigenvalue weighted by Crippen LogP contribution is 2.40. The molecule has 1 atom stereocenters. The average molecular weight is 353 g/mol. The molecule has 2 fully saturated rings. The van der Waals surface area contributed by atoms with Gasteiger partial charge in [-0.05, 0) is 19.3 Å². The summed E-state index contributed by atoms with van der Waals surface area (Å²) < 4.78 is 30.9. The monoisotopic (exact) mass is 353 g/mol. The fourth-order valence-electron chi connectivity index (χ4n) is 3.46. The highest BCUT2D eigenvalue weighted by molar-refractivity contribution is 5.94. The Kier molecular flexibility index (Phi) is 3.29. The summed E-state index contributed by atoms with van der Waals surface area (Å²) in [5.41, 5.74) is 7.93. The van der Waals surface area contributed by atoms with Crippen molar-refractivity contribution in [1.82, 2.24) is 9.30 Å². The first-order valence-corrected chi connectivity index (χ1v) is 8.00. The van der Waals surface area contributed by atoms with E-state index in [1.807, 2.05) is 0 Å². The highest BCUT2D eigenvalue weighted by atomic mass is 19.1. The van der Waals surface area contributed by atoms with Crippen LogP contribution in [0.15, 0.2) is 9.59 Å². The summed E-state index contributed by atoms with van der Waals surface area (Å²) in [6.07, 6.45) is 1.74. The second-order valence-electron chi connectivity index (χ2n) is 6.61. The predicted octanol–water partition coefficient (Wildman–Crippen LogP) is 0.133. The second-order valence-corrected chi connectivity index (χ2v) is 6.61. The summed E-state index contributed by atoms with van der Waals surface area (Å²) in [6.45, 7) is 0.578. The summed E-state index contributed by atoms with van der Waals surface area (Å²) in [7, 11) is 0. The molecule has 1 saturated heterocycles. The Morgan fingerprint density at radius 2 is 1.80 bits per heavy atom. The highest BCUT2D eigenvalue weighted by Gasteiger charge is 2.35. The normalized spacial score (nSPS) is 20.6. The van der Waals surface area contributed by atoms with Crippen LogP contribution < -0.4 is 27.6 Å². The van der Waals surface area contributed by atoms with Crippen LogP contribution in [0.5, 0.6) is 0 Å². The molecule has 25 heavy (non-hydrogen) atoms. The van der Waals surface area contributed by atoms with Crippen molar-refractivity contribution in [2.45, 2.75) is 31.3 Å². The number of fused-ring (bicyclic) bond motifs is 1. The molecule has 1 aromatic carbocycles. The lowest BCUT2D eigenvalue weighted by Crippen LogP contribution is -2.39. The summed E-state index contributed by atoms with van der Waals surface area (Å²) in [5, 5.41) is 9.20. The van der Waals surface area contributed by atoms with Crippen LogP contribution in [-0.2, 0) is 0 Å². The van der Waals surface area contributed by atoms with Crippen molar-refractivity contribution in [1.29, 1.82) is 0 Å². The van der Waals surface area contributed by atoms with Crippen molar-refractivity contribution in [2.75, 3.05) is 23.7 Å². The van der Waals surface area contributed by atoms with E-state index in [1.54, 1.807) is 0 Å². The molecule has 0 amide bonds. The first-order chi connectivity index (χ1) is 11.8. The van der Waals surface area contributed by atoms with Crippen LogP contribution in [0.1, 0.15) is 25.3 Å². The number of halogens is 2. The van der Waals surface area contributed by atoms with Crippen LogP contribution in [0, 0.1) is 11.6 Å². The van der Waals surface area contributed by atoms with Crippen molar-refractivity contribution >= 4 is 22.3 Å². The third-order valence-corrected chi connectivity index (χ3v) is 4.85. The van der Waals surface area contributed by atoms with E-state index >= 15 is 4.39 Å². The molecule has 1 aliphatic heterocycles. The van der Waals surface area contributed by atoms with Gasteiger partial charge in [0.15, 0.2) is 11.6 Å². The Hall–Kier alpha value is -2.62. The molecule has 0 radical (unpaired) electrons. The minimum Gasteiger partial charge on any atom is -0.421 e. The molecule has 5 N–H and O–H groups in total. The third-order valence-electron chi connectivity index (χ3n) is 4.85. The molecule has 2 aromatic rings. The molecular weight excluding hydrogens is 336 g/mol. The van der Waals surface area contributed by atoms with Gasteiger partial charge in [0.25, 0.3) is 5.56 Å². The van der Waals surface area contributed by atoms with Crippen LogP contribution in [0.3, 0.4) is 0 Å². The number of nitrogen functional groups attached to an aromatic ring is 1. The number of aromatic nitrogens is 2. The minimum atomic E-state index is -1.24. The zero-order valence-corrected chi connectivity index (χ0v) is 13.2. The molecule has 0 spiro atoms. The van der Waals surface area contributed by atoms with Crippen molar-refractivity contribution in [3.63, 3.8) is 0 Å². The zero-order valence-electron chi connectivity index (χ0n) is 13.2. The molecule has 1 aliphatic carbocycles. The lowest BCUT2D eigenvalue weighted by Gasteiger charge is -2.23. The summed E-state index contributed by atoms with van der Waals surface area (Å²) >= 11 is 0. The Morgan fingerprint density at radius 3 is 2.36 bits per heavy atom. The molecule has 1 saturated carbocycles. The lowest BCUT2D eigenvalue weighted by atomic mass is 10.1. The number of benzene rings is 1. The van der Waals surface area contributed by atoms with Gasteiger partial charge in [0.2, 0.25) is 0 Å². The van der Waals surface area contributed by atoms with E-state index in [4.69, 9.17) is 11.5 Å². The van der Waals surface area contributed by atoms with Crippen LogP contribution in [0.4, 0.5) is 20.2 Å². The number of hydrogen-bond acceptors (Lipinski definition) is 6. The van der Waals surface area contributed by atoms with Gasteiger partial charge in [-0.1, -0.05) is 4.73 Å². The van der Waals surface area contributed by atoms with Crippen molar-refractivity contribution in [3.05, 3.63) is 32.5 Å². The lowest BCUT2D eigenvalue weighted by molar-refractivity contribution is 0.157. The van der Waals surface area contributed by atoms with E-state index in [1.165, 1.54) is 4.90 Å². The third kappa shape index (κ3) is 2.13. The summed E-state index contributed by atoms with van der Waals surface area (Å²) in [4.78, 5) is 25.9. The SMILES string of the molecule is Nc1c(F)c(N2CCC(N)C2)c(F)c2c1c(=O)n(O)c(=O)n2C1CC1. The second kappa shape index (κ2) is 5.19. The number of nitrogens with two attached hydrogens (primary N) is 2. The maximum Gasteiger partial charge on any atom is 0.365 e. The van der Waals surface area contributed by atoms with Crippen LogP contribution >= 0.6 is 0 Å². The largest absolute Gasteiger partial charge is 0.421 e. The molecule has 2 aliphatic rings. The maximum atomic E-state index is 15.3. The van der Waals surface area contributed by atoms with Crippen molar-refractivity contribution < 1.29 is 14.0 Å². The molecule has 8 nitrogen and oxygen atoms in total. The molecule has 134 valence electrons. The van der Waals surface area contributed by atoms with Crippen molar-refractivity contribution in [3.8, 4) is 0 Å². The average Bonchev–Trinajstić information content (AvgIpc) is 3.32. The first-order valence-electron chi connectivity index (χ1n) is 8.00. The van der Waals surface area contributed by atoms with E-state index in [9.17, 15) is 19.2 Å². The van der Waals surface area contributed by atoms with E-state index in [0.29, 0.717) is 25.8 Å². The zero-order chi connectivity index (χ0) is 18.0. The number of rotatable bonds is 2. The molecule has 1 unspecified atom stereocenters. The fraction of sp³-hybridized carbons (Fsp3) is 0.467. The number of anilines is 2. The van der Waals surface area contributed by atoms with Gasteiger partial charge in [0.05, 0.1) is 16.6 Å².